The van der Waals surface area contributed by atoms with Gasteiger partial charge in [0.05, 0.1) is 36.5 Å². The number of nitrogens with zero attached hydrogens (tertiary/aromatic N) is 4. The van der Waals surface area contributed by atoms with Crippen LogP contribution in [0.25, 0.3) is 5.57 Å². The lowest BCUT2D eigenvalue weighted by Crippen LogP contribution is -2.43. The van der Waals surface area contributed by atoms with Crippen LogP contribution in [0.5, 0.6) is 0 Å². The van der Waals surface area contributed by atoms with Crippen LogP contribution in [-0.4, -0.2) is 71.9 Å². The minimum absolute atomic E-state index is 0.00420. The van der Waals surface area contributed by atoms with Gasteiger partial charge in [-0.3, -0.25) is 9.88 Å². The number of anilines is 1. The number of allylic oxidation sites excluding steroid dienone is 1. The monoisotopic (exact) mass is 477 g/mol. The predicted octanol–water partition coefficient (Wildman–Crippen LogP) is 4.02. The maximum Gasteiger partial charge on any atom is 0.170 e. The van der Waals surface area contributed by atoms with Crippen molar-refractivity contribution in [1.82, 2.24) is 20.1 Å². The highest BCUT2D eigenvalue weighted by Crippen LogP contribution is 2.43. The second-order valence-corrected chi connectivity index (χ2v) is 10.5. The van der Waals surface area contributed by atoms with Crippen molar-refractivity contribution in [3.63, 3.8) is 0 Å². The lowest BCUT2D eigenvalue weighted by Gasteiger charge is -2.41. The Labute approximate surface area is 208 Å². The van der Waals surface area contributed by atoms with E-state index < -0.39 is 0 Å². The van der Waals surface area contributed by atoms with Crippen molar-refractivity contribution >= 4 is 28.6 Å². The zero-order valence-corrected chi connectivity index (χ0v) is 21.4. The molecule has 1 N–H and O–H groups in total. The number of hydrogen-bond acceptors (Lipinski definition) is 5. The van der Waals surface area contributed by atoms with Crippen molar-refractivity contribution in [2.75, 3.05) is 51.3 Å². The highest BCUT2D eigenvalue weighted by atomic mass is 32.1. The lowest BCUT2D eigenvalue weighted by molar-refractivity contribution is 0.0350. The average molecular weight is 478 g/mol. The third kappa shape index (κ3) is 4.32. The van der Waals surface area contributed by atoms with E-state index in [1.165, 1.54) is 22.4 Å². The molecular weight excluding hydrogens is 442 g/mol. The topological polar surface area (TPSA) is 43.9 Å². The molecule has 2 fully saturated rings. The van der Waals surface area contributed by atoms with Gasteiger partial charge in [-0.25, -0.2) is 0 Å². The first kappa shape index (κ1) is 23.3. The van der Waals surface area contributed by atoms with E-state index in [9.17, 15) is 0 Å². The molecule has 3 aliphatic rings. The number of benzene rings is 1. The molecular formula is C27H35N5OS. The molecule has 0 aliphatic carbocycles. The van der Waals surface area contributed by atoms with Crippen LogP contribution in [-0.2, 0) is 4.74 Å². The Hall–Kier alpha value is -2.48. The molecule has 0 radical (unpaired) electrons. The molecule has 34 heavy (non-hydrogen) atoms. The molecule has 2 aromatic rings. The zero-order valence-electron chi connectivity index (χ0n) is 20.6. The Morgan fingerprint density at radius 1 is 1.15 bits per heavy atom. The molecule has 2 saturated heterocycles. The van der Waals surface area contributed by atoms with Crippen molar-refractivity contribution in [3.8, 4) is 0 Å². The molecule has 5 rings (SSSR count). The number of aromatic nitrogens is 1. The highest BCUT2D eigenvalue weighted by Gasteiger charge is 2.40. The summed E-state index contributed by atoms with van der Waals surface area (Å²) in [6.07, 6.45) is 4.23. The van der Waals surface area contributed by atoms with Gasteiger partial charge < -0.3 is 19.9 Å². The van der Waals surface area contributed by atoms with Crippen molar-refractivity contribution in [1.29, 1.82) is 0 Å². The molecule has 0 bridgehead atoms. The van der Waals surface area contributed by atoms with Gasteiger partial charge in [-0.15, -0.1) is 0 Å². The number of pyridine rings is 1. The van der Waals surface area contributed by atoms with E-state index in [-0.39, 0.29) is 17.6 Å². The molecule has 0 amide bonds. The Bertz CT molecular complexity index is 1080. The van der Waals surface area contributed by atoms with Crippen LogP contribution in [0, 0.1) is 0 Å². The van der Waals surface area contributed by atoms with E-state index in [0.29, 0.717) is 0 Å². The van der Waals surface area contributed by atoms with Gasteiger partial charge in [0.25, 0.3) is 0 Å². The number of thiocarbonyl (C=S) groups is 1. The van der Waals surface area contributed by atoms with E-state index >= 15 is 0 Å². The average Bonchev–Trinajstić information content (AvgIpc) is 3.18. The van der Waals surface area contributed by atoms with Crippen LogP contribution in [0.4, 0.5) is 5.69 Å². The van der Waals surface area contributed by atoms with Crippen LogP contribution < -0.4 is 10.2 Å². The fourth-order valence-corrected chi connectivity index (χ4v) is 5.78. The first-order chi connectivity index (χ1) is 16.3. The Kier molecular flexibility index (Phi) is 6.35. The quantitative estimate of drug-likeness (QED) is 0.653. The Morgan fingerprint density at radius 2 is 1.94 bits per heavy atom. The molecule has 1 aromatic heterocycles. The highest BCUT2D eigenvalue weighted by molar-refractivity contribution is 7.80. The molecule has 4 heterocycles. The summed E-state index contributed by atoms with van der Waals surface area (Å²) in [6.45, 7) is 12.2. The van der Waals surface area contributed by atoms with E-state index in [0.717, 1.165) is 50.2 Å². The van der Waals surface area contributed by atoms with Crippen molar-refractivity contribution in [2.45, 2.75) is 38.4 Å². The zero-order chi connectivity index (χ0) is 23.9. The molecule has 180 valence electrons. The maximum atomic E-state index is 5.88. The molecule has 2 atom stereocenters. The lowest BCUT2D eigenvalue weighted by atomic mass is 9.86. The smallest absolute Gasteiger partial charge is 0.170 e. The van der Waals surface area contributed by atoms with Gasteiger partial charge in [0, 0.05) is 50.7 Å². The van der Waals surface area contributed by atoms with Crippen LogP contribution in [0.15, 0.2) is 48.7 Å². The van der Waals surface area contributed by atoms with Gasteiger partial charge in [-0.2, -0.15) is 0 Å². The van der Waals surface area contributed by atoms with Crippen LogP contribution in [0.2, 0.25) is 0 Å². The molecule has 3 aliphatic heterocycles. The Balaban J connectivity index is 1.50. The number of ether oxygens (including phenoxy) is 1. The van der Waals surface area contributed by atoms with Gasteiger partial charge in [0.2, 0.25) is 0 Å². The molecule has 6 nitrogen and oxygen atoms in total. The van der Waals surface area contributed by atoms with E-state index in [2.05, 4.69) is 84.2 Å². The van der Waals surface area contributed by atoms with Crippen LogP contribution in [0.1, 0.15) is 49.7 Å². The summed E-state index contributed by atoms with van der Waals surface area (Å²) < 4.78 is 5.53. The van der Waals surface area contributed by atoms with Crippen molar-refractivity contribution < 1.29 is 4.74 Å². The van der Waals surface area contributed by atoms with Gasteiger partial charge in [-0.05, 0) is 68.4 Å². The van der Waals surface area contributed by atoms with Gasteiger partial charge in [0.1, 0.15) is 0 Å². The molecule has 1 aromatic carbocycles. The molecule has 0 spiro atoms. The second-order valence-electron chi connectivity index (χ2n) is 10.1. The van der Waals surface area contributed by atoms with Gasteiger partial charge in [-0.1, -0.05) is 18.2 Å². The summed E-state index contributed by atoms with van der Waals surface area (Å²) in [5.41, 5.74) is 6.18. The van der Waals surface area contributed by atoms with Crippen LogP contribution >= 0.6 is 12.2 Å². The summed E-state index contributed by atoms with van der Waals surface area (Å²) >= 11 is 5.88. The minimum Gasteiger partial charge on any atom is -0.379 e. The SMILES string of the molecule is CC1=CC(C)(C)N(C)c2ccc([C@H]3[C@H](c4ccccn4)NC(=S)N3CCN3CCOCC3)cc21. The fourth-order valence-electron chi connectivity index (χ4n) is 5.44. The summed E-state index contributed by atoms with van der Waals surface area (Å²) in [4.78, 5) is 11.9. The van der Waals surface area contributed by atoms with Crippen LogP contribution in [0.3, 0.4) is 0 Å². The molecule has 0 unspecified atom stereocenters. The normalized spacial score (nSPS) is 24.6. The predicted molar refractivity (Wildman–Crippen MR) is 142 cm³/mol. The number of hydrogen-bond donors (Lipinski definition) is 1. The first-order valence-corrected chi connectivity index (χ1v) is 12.6. The van der Waals surface area contributed by atoms with Gasteiger partial charge in [0.15, 0.2) is 5.11 Å². The van der Waals surface area contributed by atoms with Crippen molar-refractivity contribution in [3.05, 3.63) is 65.5 Å². The number of likely N-dealkylation sites (N-methyl/N-ethyl adjacent to an activating group) is 1. The second kappa shape index (κ2) is 9.29. The number of nitrogens with one attached hydrogen (secondary N) is 1. The van der Waals surface area contributed by atoms with E-state index in [4.69, 9.17) is 21.9 Å². The van der Waals surface area contributed by atoms with E-state index in [1.807, 2.05) is 12.3 Å². The standard InChI is InChI=1S/C27H35N5OS/c1-19-18-27(2,3)30(4)23-9-8-20(17-21(19)23)25-24(22-7-5-6-10-28-22)29-26(34)32(25)12-11-31-13-15-33-16-14-31/h5-10,17-18,24-25H,11-16H2,1-4H3,(H,29,34)/t24-,25-/m0/s1. The minimum atomic E-state index is -0.00420. The van der Waals surface area contributed by atoms with E-state index in [1.54, 1.807) is 0 Å². The molecule has 0 saturated carbocycles. The number of fused-ring (bicyclic) bond motifs is 1. The first-order valence-electron chi connectivity index (χ1n) is 12.2. The third-order valence-corrected chi connectivity index (χ3v) is 7.89. The summed E-state index contributed by atoms with van der Waals surface area (Å²) in [5, 5.41) is 4.40. The summed E-state index contributed by atoms with van der Waals surface area (Å²) in [7, 11) is 2.18. The third-order valence-electron chi connectivity index (χ3n) is 7.54. The summed E-state index contributed by atoms with van der Waals surface area (Å²) in [5.74, 6) is 0. The Morgan fingerprint density at radius 3 is 2.68 bits per heavy atom. The van der Waals surface area contributed by atoms with Crippen molar-refractivity contribution in [2.24, 2.45) is 0 Å². The fraction of sp³-hybridized carbons (Fsp3) is 0.481. The maximum absolute atomic E-state index is 5.88. The summed E-state index contributed by atoms with van der Waals surface area (Å²) in [6, 6.07) is 13.1. The van der Waals surface area contributed by atoms with Gasteiger partial charge >= 0.3 is 0 Å². The number of rotatable bonds is 5. The number of morpholine rings is 1. The molecule has 7 heteroatoms. The largest absolute Gasteiger partial charge is 0.379 e.